The number of carbonyl (C=O) groups is 1. The van der Waals surface area contributed by atoms with Gasteiger partial charge in [-0.1, -0.05) is 17.9 Å². The van der Waals surface area contributed by atoms with Crippen molar-refractivity contribution in [2.45, 2.75) is 6.92 Å². The summed E-state index contributed by atoms with van der Waals surface area (Å²) in [5.41, 5.74) is 7.23. The minimum atomic E-state index is -0.475. The van der Waals surface area contributed by atoms with E-state index in [4.69, 9.17) is 10.8 Å². The van der Waals surface area contributed by atoms with Gasteiger partial charge in [-0.3, -0.25) is 4.79 Å². The lowest BCUT2D eigenvalue weighted by Gasteiger charge is -2.00. The predicted molar refractivity (Wildman–Crippen MR) is 53.7 cm³/mol. The first-order valence-corrected chi connectivity index (χ1v) is 4.15. The van der Waals surface area contributed by atoms with Crippen molar-refractivity contribution in [2.24, 2.45) is 5.73 Å². The van der Waals surface area contributed by atoms with Gasteiger partial charge < -0.3 is 10.8 Å². The fourth-order valence-electron chi connectivity index (χ4n) is 1.04. The highest BCUT2D eigenvalue weighted by Crippen LogP contribution is 2.09. The maximum Gasteiger partial charge on any atom is 0.248 e. The number of aryl methyl sites for hydroxylation is 1. The molecule has 0 unspecified atom stereocenters. The molecular formula is C11H11NO2. The molecule has 0 aliphatic carbocycles. The molecule has 0 aliphatic rings. The Labute approximate surface area is 82.6 Å². The van der Waals surface area contributed by atoms with Crippen molar-refractivity contribution in [3.8, 4) is 11.8 Å². The van der Waals surface area contributed by atoms with E-state index >= 15 is 0 Å². The molecule has 0 saturated carbocycles. The van der Waals surface area contributed by atoms with Gasteiger partial charge in [0.1, 0.15) is 6.61 Å². The molecule has 1 aromatic rings. The van der Waals surface area contributed by atoms with Crippen LogP contribution in [0.1, 0.15) is 21.5 Å². The zero-order valence-corrected chi connectivity index (χ0v) is 7.87. The molecule has 0 fully saturated rings. The normalized spacial score (nSPS) is 9.00. The first-order valence-electron chi connectivity index (χ1n) is 4.15. The molecule has 3 nitrogen and oxygen atoms in total. The van der Waals surface area contributed by atoms with Gasteiger partial charge in [0.2, 0.25) is 5.91 Å². The van der Waals surface area contributed by atoms with Crippen LogP contribution in [0.5, 0.6) is 0 Å². The number of carbonyl (C=O) groups excluding carboxylic acids is 1. The second kappa shape index (κ2) is 4.45. The van der Waals surface area contributed by atoms with Crippen LogP contribution in [0.4, 0.5) is 0 Å². The molecule has 0 saturated heterocycles. The summed E-state index contributed by atoms with van der Waals surface area (Å²) in [4.78, 5) is 10.9. The van der Waals surface area contributed by atoms with E-state index in [9.17, 15) is 4.79 Å². The molecule has 3 N–H and O–H groups in total. The van der Waals surface area contributed by atoms with Gasteiger partial charge in [0.25, 0.3) is 0 Å². The molecule has 14 heavy (non-hydrogen) atoms. The highest BCUT2D eigenvalue weighted by molar-refractivity contribution is 5.93. The van der Waals surface area contributed by atoms with Crippen LogP contribution in [0.15, 0.2) is 18.2 Å². The van der Waals surface area contributed by atoms with Crippen molar-refractivity contribution >= 4 is 5.91 Å². The maximum absolute atomic E-state index is 10.9. The molecule has 0 radical (unpaired) electrons. The van der Waals surface area contributed by atoms with E-state index in [-0.39, 0.29) is 6.61 Å². The SMILES string of the molecule is Cc1ccc(C(N)=O)cc1C#CCO. The third-order valence-electron chi connectivity index (χ3n) is 1.82. The first-order chi connectivity index (χ1) is 6.65. The zero-order valence-electron chi connectivity index (χ0n) is 7.87. The average molecular weight is 189 g/mol. The largest absolute Gasteiger partial charge is 0.384 e. The third kappa shape index (κ3) is 2.35. The van der Waals surface area contributed by atoms with Crippen LogP contribution in [0.3, 0.4) is 0 Å². The lowest BCUT2D eigenvalue weighted by molar-refractivity contribution is 0.100. The van der Waals surface area contributed by atoms with Crippen molar-refractivity contribution in [1.82, 2.24) is 0 Å². The standard InChI is InChI=1S/C11H11NO2/c1-8-4-5-10(11(12)14)7-9(8)3-2-6-13/h4-5,7,13H,6H2,1H3,(H2,12,14). The van der Waals surface area contributed by atoms with Gasteiger partial charge in [-0.2, -0.15) is 0 Å². The number of hydrogen-bond acceptors (Lipinski definition) is 2. The highest BCUT2D eigenvalue weighted by atomic mass is 16.2. The molecule has 0 spiro atoms. The van der Waals surface area contributed by atoms with E-state index in [1.165, 1.54) is 0 Å². The number of aliphatic hydroxyl groups excluding tert-OH is 1. The Hall–Kier alpha value is -1.79. The summed E-state index contributed by atoms with van der Waals surface area (Å²) in [6.45, 7) is 1.69. The van der Waals surface area contributed by atoms with Gasteiger partial charge >= 0.3 is 0 Å². The Morgan fingerprint density at radius 1 is 1.57 bits per heavy atom. The average Bonchev–Trinajstić information content (AvgIpc) is 2.16. The summed E-state index contributed by atoms with van der Waals surface area (Å²) < 4.78 is 0. The lowest BCUT2D eigenvalue weighted by atomic mass is 10.1. The van der Waals surface area contributed by atoms with E-state index in [0.29, 0.717) is 5.56 Å². The van der Waals surface area contributed by atoms with E-state index in [1.54, 1.807) is 18.2 Å². The van der Waals surface area contributed by atoms with Crippen molar-refractivity contribution in [3.05, 3.63) is 34.9 Å². The van der Waals surface area contributed by atoms with Crippen molar-refractivity contribution in [1.29, 1.82) is 0 Å². The summed E-state index contributed by atoms with van der Waals surface area (Å²) >= 11 is 0. The Kier molecular flexibility index (Phi) is 3.27. The topological polar surface area (TPSA) is 63.3 Å². The Morgan fingerprint density at radius 3 is 2.86 bits per heavy atom. The highest BCUT2D eigenvalue weighted by Gasteiger charge is 2.02. The van der Waals surface area contributed by atoms with Gasteiger partial charge in [-0.15, -0.1) is 0 Å². The summed E-state index contributed by atoms with van der Waals surface area (Å²) in [6, 6.07) is 5.06. The molecule has 0 aliphatic heterocycles. The number of hydrogen-bond donors (Lipinski definition) is 2. The molecule has 72 valence electrons. The van der Waals surface area contributed by atoms with Gasteiger partial charge in [0.15, 0.2) is 0 Å². The number of aliphatic hydroxyl groups is 1. The van der Waals surface area contributed by atoms with E-state index in [0.717, 1.165) is 11.1 Å². The Morgan fingerprint density at radius 2 is 2.29 bits per heavy atom. The van der Waals surface area contributed by atoms with Gasteiger partial charge in [0, 0.05) is 11.1 Å². The summed E-state index contributed by atoms with van der Waals surface area (Å²) in [5.74, 6) is 4.80. The number of amides is 1. The summed E-state index contributed by atoms with van der Waals surface area (Å²) in [6.07, 6.45) is 0. The molecule has 0 bridgehead atoms. The molecule has 0 atom stereocenters. The molecule has 1 aromatic carbocycles. The molecule has 3 heteroatoms. The second-order valence-corrected chi connectivity index (χ2v) is 2.85. The number of nitrogens with two attached hydrogens (primary N) is 1. The van der Waals surface area contributed by atoms with Crippen LogP contribution in [0.25, 0.3) is 0 Å². The van der Waals surface area contributed by atoms with Crippen LogP contribution in [-0.2, 0) is 0 Å². The Bertz CT molecular complexity index is 413. The van der Waals surface area contributed by atoms with Crippen LogP contribution in [0.2, 0.25) is 0 Å². The van der Waals surface area contributed by atoms with Crippen molar-refractivity contribution in [3.63, 3.8) is 0 Å². The Balaban J connectivity index is 3.14. The van der Waals surface area contributed by atoms with E-state index in [2.05, 4.69) is 11.8 Å². The summed E-state index contributed by atoms with van der Waals surface area (Å²) in [7, 11) is 0. The first kappa shape index (κ1) is 10.3. The van der Waals surface area contributed by atoms with E-state index in [1.807, 2.05) is 6.92 Å². The summed E-state index contributed by atoms with van der Waals surface area (Å²) in [5, 5.41) is 8.53. The molecule has 0 heterocycles. The van der Waals surface area contributed by atoms with Crippen molar-refractivity contribution < 1.29 is 9.90 Å². The monoisotopic (exact) mass is 189 g/mol. The number of primary amides is 1. The predicted octanol–water partition coefficient (Wildman–Crippen LogP) is 0.438. The zero-order chi connectivity index (χ0) is 10.6. The molecule has 0 aromatic heterocycles. The number of rotatable bonds is 1. The maximum atomic E-state index is 10.9. The minimum Gasteiger partial charge on any atom is -0.384 e. The number of benzene rings is 1. The lowest BCUT2D eigenvalue weighted by Crippen LogP contribution is -2.11. The molecular weight excluding hydrogens is 178 g/mol. The van der Waals surface area contributed by atoms with Crippen LogP contribution in [0, 0.1) is 18.8 Å². The minimum absolute atomic E-state index is 0.194. The smallest absolute Gasteiger partial charge is 0.248 e. The van der Waals surface area contributed by atoms with Crippen LogP contribution < -0.4 is 5.73 Å². The molecule has 1 rings (SSSR count). The van der Waals surface area contributed by atoms with Crippen LogP contribution in [-0.4, -0.2) is 17.6 Å². The van der Waals surface area contributed by atoms with Gasteiger partial charge in [-0.05, 0) is 24.6 Å². The molecule has 1 amide bonds. The van der Waals surface area contributed by atoms with Gasteiger partial charge in [0.05, 0.1) is 0 Å². The van der Waals surface area contributed by atoms with Crippen molar-refractivity contribution in [2.75, 3.05) is 6.61 Å². The second-order valence-electron chi connectivity index (χ2n) is 2.85. The fourth-order valence-corrected chi connectivity index (χ4v) is 1.04. The third-order valence-corrected chi connectivity index (χ3v) is 1.82. The van der Waals surface area contributed by atoms with Gasteiger partial charge in [-0.25, -0.2) is 0 Å². The van der Waals surface area contributed by atoms with Crippen LogP contribution >= 0.6 is 0 Å². The quantitative estimate of drug-likeness (QED) is 0.629. The fraction of sp³-hybridized carbons (Fsp3) is 0.182. The van der Waals surface area contributed by atoms with E-state index < -0.39 is 5.91 Å².